The molecule has 3 unspecified atom stereocenters. The van der Waals surface area contributed by atoms with Gasteiger partial charge in [-0.05, 0) is 25.7 Å². The first-order valence-corrected chi connectivity index (χ1v) is 7.31. The third-order valence-electron chi connectivity index (χ3n) is 4.86. The molecule has 2 fully saturated rings. The van der Waals surface area contributed by atoms with Gasteiger partial charge in [0.2, 0.25) is 0 Å². The summed E-state index contributed by atoms with van der Waals surface area (Å²) in [5.74, 6) is 6.30. The SMILES string of the molecule is Cc1c(C(NN)C2CCOC3(CCOC3)C2)cnn1C. The normalized spacial score (nSPS) is 31.9. The Bertz CT molecular complexity index is 468. The van der Waals surface area contributed by atoms with Crippen molar-refractivity contribution >= 4 is 0 Å². The molecule has 2 aliphatic rings. The summed E-state index contributed by atoms with van der Waals surface area (Å²) in [6.07, 6.45) is 4.93. The van der Waals surface area contributed by atoms with E-state index < -0.39 is 0 Å². The zero-order chi connectivity index (χ0) is 14.2. The Morgan fingerprint density at radius 1 is 1.55 bits per heavy atom. The molecule has 0 aliphatic carbocycles. The second-order valence-electron chi connectivity index (χ2n) is 6.04. The molecular weight excluding hydrogens is 256 g/mol. The van der Waals surface area contributed by atoms with Crippen molar-refractivity contribution < 1.29 is 9.47 Å². The molecule has 0 aromatic carbocycles. The lowest BCUT2D eigenvalue weighted by atomic mass is 9.79. The minimum absolute atomic E-state index is 0.0892. The summed E-state index contributed by atoms with van der Waals surface area (Å²) < 4.78 is 13.4. The maximum atomic E-state index is 6.01. The second-order valence-corrected chi connectivity index (χ2v) is 6.04. The van der Waals surface area contributed by atoms with E-state index >= 15 is 0 Å². The average Bonchev–Trinajstić information content (AvgIpc) is 3.02. The molecule has 3 atom stereocenters. The molecule has 6 heteroatoms. The van der Waals surface area contributed by atoms with Crippen LogP contribution >= 0.6 is 0 Å². The maximum absolute atomic E-state index is 6.01. The van der Waals surface area contributed by atoms with Crippen molar-refractivity contribution in [3.05, 3.63) is 17.5 Å². The molecule has 2 saturated heterocycles. The fraction of sp³-hybridized carbons (Fsp3) is 0.786. The van der Waals surface area contributed by atoms with Crippen molar-refractivity contribution in [2.45, 2.75) is 37.8 Å². The molecule has 112 valence electrons. The number of ether oxygens (including phenoxy) is 2. The fourth-order valence-electron chi connectivity index (χ4n) is 3.51. The number of hydrazine groups is 1. The topological polar surface area (TPSA) is 74.3 Å². The minimum atomic E-state index is -0.0892. The van der Waals surface area contributed by atoms with E-state index in [1.807, 2.05) is 17.9 Å². The van der Waals surface area contributed by atoms with Crippen LogP contribution in [0.5, 0.6) is 0 Å². The van der Waals surface area contributed by atoms with Gasteiger partial charge in [0.1, 0.15) is 0 Å². The van der Waals surface area contributed by atoms with Gasteiger partial charge in [0, 0.05) is 37.9 Å². The Morgan fingerprint density at radius 3 is 3.00 bits per heavy atom. The van der Waals surface area contributed by atoms with E-state index in [0.29, 0.717) is 12.5 Å². The predicted octanol–water partition coefficient (Wildman–Crippen LogP) is 0.819. The smallest absolute Gasteiger partial charge is 0.0940 e. The van der Waals surface area contributed by atoms with E-state index in [2.05, 4.69) is 17.4 Å². The molecule has 0 amide bonds. The molecule has 3 heterocycles. The van der Waals surface area contributed by atoms with Crippen LogP contribution in [0, 0.1) is 12.8 Å². The lowest BCUT2D eigenvalue weighted by Gasteiger charge is -2.40. The fourth-order valence-corrected chi connectivity index (χ4v) is 3.51. The first-order chi connectivity index (χ1) is 9.65. The summed E-state index contributed by atoms with van der Waals surface area (Å²) in [5.41, 5.74) is 5.26. The molecule has 1 aromatic heterocycles. The summed E-state index contributed by atoms with van der Waals surface area (Å²) >= 11 is 0. The summed E-state index contributed by atoms with van der Waals surface area (Å²) in [4.78, 5) is 0. The van der Waals surface area contributed by atoms with E-state index in [0.717, 1.165) is 38.2 Å². The number of nitrogens with one attached hydrogen (secondary N) is 1. The van der Waals surface area contributed by atoms with Gasteiger partial charge < -0.3 is 9.47 Å². The van der Waals surface area contributed by atoms with E-state index in [9.17, 15) is 0 Å². The zero-order valence-corrected chi connectivity index (χ0v) is 12.3. The highest BCUT2D eigenvalue weighted by atomic mass is 16.6. The molecule has 0 bridgehead atoms. The van der Waals surface area contributed by atoms with E-state index in [1.54, 1.807) is 0 Å². The van der Waals surface area contributed by atoms with Crippen LogP contribution in [-0.4, -0.2) is 35.2 Å². The van der Waals surface area contributed by atoms with Crippen LogP contribution in [-0.2, 0) is 16.5 Å². The Morgan fingerprint density at radius 2 is 2.40 bits per heavy atom. The molecule has 0 radical (unpaired) electrons. The number of nitrogens with two attached hydrogens (primary N) is 1. The number of hydrogen-bond donors (Lipinski definition) is 2. The van der Waals surface area contributed by atoms with Crippen LogP contribution in [0.3, 0.4) is 0 Å². The second kappa shape index (κ2) is 5.44. The summed E-state index contributed by atoms with van der Waals surface area (Å²) in [5, 5.41) is 4.33. The van der Waals surface area contributed by atoms with E-state index in [1.165, 1.54) is 5.56 Å². The van der Waals surface area contributed by atoms with Crippen LogP contribution in [0.25, 0.3) is 0 Å². The number of rotatable bonds is 3. The third-order valence-corrected chi connectivity index (χ3v) is 4.86. The van der Waals surface area contributed by atoms with Gasteiger partial charge >= 0.3 is 0 Å². The molecule has 1 aromatic rings. The first kappa shape index (κ1) is 14.0. The largest absolute Gasteiger partial charge is 0.378 e. The van der Waals surface area contributed by atoms with Gasteiger partial charge in [-0.2, -0.15) is 5.10 Å². The highest BCUT2D eigenvalue weighted by Crippen LogP contribution is 2.41. The molecule has 6 nitrogen and oxygen atoms in total. The van der Waals surface area contributed by atoms with Crippen molar-refractivity contribution in [3.63, 3.8) is 0 Å². The number of aromatic nitrogens is 2. The minimum Gasteiger partial charge on any atom is -0.378 e. The lowest BCUT2D eigenvalue weighted by Crippen LogP contribution is -2.45. The Hall–Kier alpha value is -0.950. The standard InChI is InChI=1S/C14H24N4O2/c1-10-12(8-16-18(10)2)13(17-15)11-3-5-20-14(7-11)4-6-19-9-14/h8,11,13,17H,3-7,9,15H2,1-2H3. The van der Waals surface area contributed by atoms with Crippen LogP contribution < -0.4 is 11.3 Å². The van der Waals surface area contributed by atoms with Gasteiger partial charge in [-0.25, -0.2) is 0 Å². The third kappa shape index (κ3) is 2.37. The van der Waals surface area contributed by atoms with Crippen molar-refractivity contribution in [2.24, 2.45) is 18.8 Å². The van der Waals surface area contributed by atoms with Crippen molar-refractivity contribution in [1.29, 1.82) is 0 Å². The summed E-state index contributed by atoms with van der Waals surface area (Å²) in [6, 6.07) is 0.130. The van der Waals surface area contributed by atoms with Gasteiger partial charge in [0.25, 0.3) is 0 Å². The van der Waals surface area contributed by atoms with Gasteiger partial charge in [0.15, 0.2) is 0 Å². The molecule has 3 rings (SSSR count). The van der Waals surface area contributed by atoms with Crippen LogP contribution in [0.15, 0.2) is 6.20 Å². The average molecular weight is 280 g/mol. The van der Waals surface area contributed by atoms with E-state index in [-0.39, 0.29) is 11.6 Å². The molecule has 3 N–H and O–H groups in total. The van der Waals surface area contributed by atoms with Gasteiger partial charge in [-0.3, -0.25) is 16.0 Å². The van der Waals surface area contributed by atoms with Crippen LogP contribution in [0.4, 0.5) is 0 Å². The molecule has 20 heavy (non-hydrogen) atoms. The number of nitrogens with zero attached hydrogens (tertiary/aromatic N) is 2. The van der Waals surface area contributed by atoms with E-state index in [4.69, 9.17) is 15.3 Å². The van der Waals surface area contributed by atoms with Gasteiger partial charge in [0.05, 0.1) is 24.4 Å². The Balaban J connectivity index is 1.80. The summed E-state index contributed by atoms with van der Waals surface area (Å²) in [6.45, 7) is 4.39. The monoisotopic (exact) mass is 280 g/mol. The highest BCUT2D eigenvalue weighted by molar-refractivity contribution is 5.21. The lowest BCUT2D eigenvalue weighted by molar-refractivity contribution is -0.103. The quantitative estimate of drug-likeness (QED) is 0.633. The zero-order valence-electron chi connectivity index (χ0n) is 12.3. The van der Waals surface area contributed by atoms with Crippen LogP contribution in [0.2, 0.25) is 0 Å². The molecule has 2 aliphatic heterocycles. The van der Waals surface area contributed by atoms with Crippen LogP contribution in [0.1, 0.15) is 36.6 Å². The van der Waals surface area contributed by atoms with Crippen molar-refractivity contribution in [3.8, 4) is 0 Å². The number of aryl methyl sites for hydroxylation is 1. The Labute approximate surface area is 119 Å². The molecule has 1 spiro atoms. The Kier molecular flexibility index (Phi) is 3.81. The number of hydrogen-bond acceptors (Lipinski definition) is 5. The summed E-state index contributed by atoms with van der Waals surface area (Å²) in [7, 11) is 1.96. The first-order valence-electron chi connectivity index (χ1n) is 7.31. The van der Waals surface area contributed by atoms with Crippen molar-refractivity contribution in [2.75, 3.05) is 19.8 Å². The van der Waals surface area contributed by atoms with Gasteiger partial charge in [-0.15, -0.1) is 0 Å². The highest BCUT2D eigenvalue weighted by Gasteiger charge is 2.43. The maximum Gasteiger partial charge on any atom is 0.0940 e. The van der Waals surface area contributed by atoms with Gasteiger partial charge in [-0.1, -0.05) is 0 Å². The molecule has 0 saturated carbocycles. The predicted molar refractivity (Wildman–Crippen MR) is 74.9 cm³/mol. The van der Waals surface area contributed by atoms with Crippen molar-refractivity contribution in [1.82, 2.24) is 15.2 Å². The molecular formula is C14H24N4O2.